The number of amides is 1. The van der Waals surface area contributed by atoms with Gasteiger partial charge in [0.25, 0.3) is 11.6 Å². The van der Waals surface area contributed by atoms with Gasteiger partial charge in [0.1, 0.15) is 11.4 Å². The molecule has 0 saturated heterocycles. The highest BCUT2D eigenvalue weighted by Gasteiger charge is 2.18. The van der Waals surface area contributed by atoms with Crippen LogP contribution in [0, 0.1) is 17.0 Å². The molecule has 0 radical (unpaired) electrons. The zero-order valence-corrected chi connectivity index (χ0v) is 14.6. The molecule has 0 fully saturated rings. The van der Waals surface area contributed by atoms with Crippen LogP contribution in [0.4, 0.5) is 11.4 Å². The van der Waals surface area contributed by atoms with Gasteiger partial charge in [-0.15, -0.1) is 0 Å². The van der Waals surface area contributed by atoms with E-state index in [1.807, 2.05) is 0 Å². The molecule has 25 heavy (non-hydrogen) atoms. The average molecular weight is 409 g/mol. The summed E-state index contributed by atoms with van der Waals surface area (Å²) in [6.45, 7) is 1.05. The van der Waals surface area contributed by atoms with Crippen LogP contribution in [0.1, 0.15) is 11.3 Å². The summed E-state index contributed by atoms with van der Waals surface area (Å²) in [5.41, 5.74) is 0.365. The normalized spacial score (nSPS) is 10.6. The summed E-state index contributed by atoms with van der Waals surface area (Å²) in [6.07, 6.45) is 2.49. The third kappa shape index (κ3) is 5.28. The summed E-state index contributed by atoms with van der Waals surface area (Å²) >= 11 is 3.12. The number of carbonyl (C=O) groups is 2. The Morgan fingerprint density at radius 2 is 2.12 bits per heavy atom. The molecule has 130 valence electrons. The monoisotopic (exact) mass is 408 g/mol. The van der Waals surface area contributed by atoms with Gasteiger partial charge in [0, 0.05) is 12.1 Å². The Kier molecular flexibility index (Phi) is 6.07. The van der Waals surface area contributed by atoms with Gasteiger partial charge in [-0.25, -0.2) is 4.79 Å². The van der Waals surface area contributed by atoms with E-state index < -0.39 is 23.4 Å². The van der Waals surface area contributed by atoms with Crippen molar-refractivity contribution in [2.75, 3.05) is 11.9 Å². The topological polar surface area (TPSA) is 112 Å². The first-order chi connectivity index (χ1) is 11.9. The molecule has 0 atom stereocenters. The van der Waals surface area contributed by atoms with Crippen molar-refractivity contribution < 1.29 is 23.7 Å². The van der Waals surface area contributed by atoms with E-state index in [1.165, 1.54) is 18.2 Å². The minimum absolute atomic E-state index is 0.0736. The van der Waals surface area contributed by atoms with Crippen LogP contribution in [0.2, 0.25) is 0 Å². The number of nitro groups is 1. The molecular formula is C16H13BrN2O6. The molecular weight excluding hydrogens is 396 g/mol. The molecule has 9 heteroatoms. The number of hydrogen-bond donors (Lipinski definition) is 1. The van der Waals surface area contributed by atoms with Gasteiger partial charge in [0.15, 0.2) is 11.3 Å². The SMILES string of the molecule is Cc1cccc([N+](=O)[O-])c1NC(=O)COC(=O)/C=C/c1ccc(Br)o1. The number of hydrogen-bond acceptors (Lipinski definition) is 6. The number of esters is 1. The Balaban J connectivity index is 1.92. The number of furan rings is 1. The van der Waals surface area contributed by atoms with E-state index in [1.54, 1.807) is 25.1 Å². The number of ether oxygens (including phenoxy) is 1. The molecule has 0 aliphatic heterocycles. The summed E-state index contributed by atoms with van der Waals surface area (Å²) in [5.74, 6) is -0.995. The number of nitro benzene ring substituents is 1. The molecule has 0 aliphatic carbocycles. The highest BCUT2D eigenvalue weighted by atomic mass is 79.9. The lowest BCUT2D eigenvalue weighted by Crippen LogP contribution is -2.21. The van der Waals surface area contributed by atoms with E-state index in [0.717, 1.165) is 6.08 Å². The van der Waals surface area contributed by atoms with Gasteiger partial charge in [0.2, 0.25) is 0 Å². The molecule has 8 nitrogen and oxygen atoms in total. The van der Waals surface area contributed by atoms with Crippen LogP contribution in [-0.4, -0.2) is 23.4 Å². The minimum atomic E-state index is -0.748. The molecule has 1 heterocycles. The molecule has 0 bridgehead atoms. The van der Waals surface area contributed by atoms with Crippen molar-refractivity contribution in [3.8, 4) is 0 Å². The summed E-state index contributed by atoms with van der Waals surface area (Å²) in [6, 6.07) is 7.71. The third-order valence-corrected chi connectivity index (χ3v) is 3.46. The van der Waals surface area contributed by atoms with Crippen LogP contribution >= 0.6 is 15.9 Å². The quantitative estimate of drug-likeness (QED) is 0.339. The molecule has 0 spiro atoms. The van der Waals surface area contributed by atoms with Crippen molar-refractivity contribution in [1.82, 2.24) is 0 Å². The van der Waals surface area contributed by atoms with Crippen molar-refractivity contribution >= 4 is 45.3 Å². The van der Waals surface area contributed by atoms with E-state index in [0.29, 0.717) is 16.0 Å². The summed E-state index contributed by atoms with van der Waals surface area (Å²) in [5, 5.41) is 13.4. The van der Waals surface area contributed by atoms with Crippen LogP contribution in [0.25, 0.3) is 6.08 Å². The molecule has 1 amide bonds. The van der Waals surface area contributed by atoms with Crippen LogP contribution in [0.3, 0.4) is 0 Å². The Morgan fingerprint density at radius 3 is 2.76 bits per heavy atom. The van der Waals surface area contributed by atoms with Gasteiger partial charge in [-0.1, -0.05) is 12.1 Å². The van der Waals surface area contributed by atoms with Crippen molar-refractivity contribution in [2.24, 2.45) is 0 Å². The second-order valence-corrected chi connectivity index (χ2v) is 5.64. The van der Waals surface area contributed by atoms with Crippen molar-refractivity contribution in [2.45, 2.75) is 6.92 Å². The van der Waals surface area contributed by atoms with E-state index in [4.69, 9.17) is 9.15 Å². The number of aryl methyl sites for hydroxylation is 1. The number of nitrogens with one attached hydrogen (secondary N) is 1. The maximum atomic E-state index is 11.9. The second-order valence-electron chi connectivity index (χ2n) is 4.86. The zero-order valence-electron chi connectivity index (χ0n) is 13.0. The fourth-order valence-electron chi connectivity index (χ4n) is 1.90. The minimum Gasteiger partial charge on any atom is -0.452 e. The highest BCUT2D eigenvalue weighted by Crippen LogP contribution is 2.27. The largest absolute Gasteiger partial charge is 0.452 e. The lowest BCUT2D eigenvalue weighted by Gasteiger charge is -2.08. The number of carbonyl (C=O) groups excluding carboxylic acids is 2. The number of benzene rings is 1. The van der Waals surface area contributed by atoms with Gasteiger partial charge in [-0.05, 0) is 46.6 Å². The van der Waals surface area contributed by atoms with E-state index >= 15 is 0 Å². The van der Waals surface area contributed by atoms with Gasteiger partial charge >= 0.3 is 5.97 Å². The lowest BCUT2D eigenvalue weighted by molar-refractivity contribution is -0.384. The summed E-state index contributed by atoms with van der Waals surface area (Å²) < 4.78 is 10.5. The standard InChI is InChI=1S/C16H13BrN2O6/c1-10-3-2-4-12(19(22)23)16(10)18-14(20)9-24-15(21)8-6-11-5-7-13(17)25-11/h2-8H,9H2,1H3,(H,18,20)/b8-6+. The smallest absolute Gasteiger partial charge is 0.331 e. The average Bonchev–Trinajstić information content (AvgIpc) is 2.98. The van der Waals surface area contributed by atoms with Crippen molar-refractivity contribution in [3.63, 3.8) is 0 Å². The van der Waals surface area contributed by atoms with Crippen molar-refractivity contribution in [3.05, 3.63) is 62.5 Å². The van der Waals surface area contributed by atoms with Crippen LogP contribution in [0.15, 0.2) is 45.5 Å². The predicted octanol–water partition coefficient (Wildman–Crippen LogP) is 3.45. The first kappa shape index (κ1) is 18.4. The fraction of sp³-hybridized carbons (Fsp3) is 0.125. The van der Waals surface area contributed by atoms with Gasteiger partial charge in [0.05, 0.1) is 4.92 Å². The Labute approximate surface area is 150 Å². The first-order valence-electron chi connectivity index (χ1n) is 7.01. The van der Waals surface area contributed by atoms with Crippen molar-refractivity contribution in [1.29, 1.82) is 0 Å². The van der Waals surface area contributed by atoms with Crippen LogP contribution in [0.5, 0.6) is 0 Å². The fourth-order valence-corrected chi connectivity index (χ4v) is 2.21. The van der Waals surface area contributed by atoms with Crippen LogP contribution < -0.4 is 5.32 Å². The molecule has 2 aromatic rings. The number of halogens is 1. The Bertz CT molecular complexity index is 843. The Morgan fingerprint density at radius 1 is 1.36 bits per heavy atom. The molecule has 0 unspecified atom stereocenters. The number of para-hydroxylation sites is 1. The second kappa shape index (κ2) is 8.25. The molecule has 1 N–H and O–H groups in total. The van der Waals surface area contributed by atoms with Gasteiger partial charge < -0.3 is 14.5 Å². The molecule has 1 aromatic heterocycles. The molecule has 1 aromatic carbocycles. The molecule has 0 saturated carbocycles. The van der Waals surface area contributed by atoms with Crippen LogP contribution in [-0.2, 0) is 14.3 Å². The molecule has 0 aliphatic rings. The van der Waals surface area contributed by atoms with E-state index in [2.05, 4.69) is 21.2 Å². The summed E-state index contributed by atoms with van der Waals surface area (Å²) in [4.78, 5) is 33.8. The Hall–Kier alpha value is -2.94. The van der Waals surface area contributed by atoms with Gasteiger partial charge in [-0.3, -0.25) is 14.9 Å². The lowest BCUT2D eigenvalue weighted by atomic mass is 10.1. The predicted molar refractivity (Wildman–Crippen MR) is 92.9 cm³/mol. The van der Waals surface area contributed by atoms with Gasteiger partial charge in [-0.2, -0.15) is 0 Å². The van der Waals surface area contributed by atoms with E-state index in [-0.39, 0.29) is 11.4 Å². The van der Waals surface area contributed by atoms with E-state index in [9.17, 15) is 19.7 Å². The molecule has 2 rings (SSSR count). The number of rotatable bonds is 6. The number of anilines is 1. The maximum absolute atomic E-state index is 11.9. The number of nitrogens with zero attached hydrogens (tertiary/aromatic N) is 1. The summed E-state index contributed by atoms with van der Waals surface area (Å²) in [7, 11) is 0. The maximum Gasteiger partial charge on any atom is 0.331 e. The highest BCUT2D eigenvalue weighted by molar-refractivity contribution is 9.10. The zero-order chi connectivity index (χ0) is 18.4. The third-order valence-electron chi connectivity index (χ3n) is 3.04. The first-order valence-corrected chi connectivity index (χ1v) is 7.80.